The molecule has 1 aromatic carbocycles. The summed E-state index contributed by atoms with van der Waals surface area (Å²) in [6.07, 6.45) is 3.86. The van der Waals surface area contributed by atoms with Crippen LogP contribution in [0, 0.1) is 16.7 Å². The molecule has 0 radical (unpaired) electrons. The first-order chi connectivity index (χ1) is 11.9. The summed E-state index contributed by atoms with van der Waals surface area (Å²) in [7, 11) is -0.152. The Labute approximate surface area is 148 Å². The van der Waals surface area contributed by atoms with Crippen molar-refractivity contribution in [3.8, 4) is 0 Å². The molecule has 0 aliphatic heterocycles. The van der Waals surface area contributed by atoms with Gasteiger partial charge in [0.1, 0.15) is 0 Å². The van der Waals surface area contributed by atoms with E-state index in [1.807, 2.05) is 16.8 Å². The summed E-state index contributed by atoms with van der Waals surface area (Å²) in [5.41, 5.74) is 1.20. The Bertz CT molecular complexity index is 1010. The van der Waals surface area contributed by atoms with Crippen LogP contribution in [0.3, 0.4) is 0 Å². The second-order valence-corrected chi connectivity index (χ2v) is 8.28. The summed E-state index contributed by atoms with van der Waals surface area (Å²) < 4.78 is 4.18. The van der Waals surface area contributed by atoms with Crippen LogP contribution in [-0.4, -0.2) is 33.9 Å². The fraction of sp³-hybridized carbons (Fsp3) is 0.526. The van der Waals surface area contributed by atoms with Gasteiger partial charge in [-0.3, -0.25) is 0 Å². The lowest BCUT2D eigenvalue weighted by atomic mass is 9.70. The van der Waals surface area contributed by atoms with E-state index < -0.39 is 0 Å². The van der Waals surface area contributed by atoms with E-state index in [0.717, 1.165) is 23.3 Å². The maximum atomic E-state index is 11.2. The van der Waals surface area contributed by atoms with Crippen molar-refractivity contribution in [2.45, 2.75) is 45.6 Å². The molecule has 2 saturated carbocycles. The van der Waals surface area contributed by atoms with Gasteiger partial charge in [0.05, 0.1) is 23.6 Å². The molecular weight excluding hydrogens is 311 g/mol. The van der Waals surface area contributed by atoms with Crippen LogP contribution in [0.2, 0.25) is 0 Å². The van der Waals surface area contributed by atoms with Crippen molar-refractivity contribution in [3.05, 3.63) is 36.3 Å². The normalized spacial score (nSPS) is 33.6. The Hall–Kier alpha value is -1.95. The predicted octanol–water partition coefficient (Wildman–Crippen LogP) is 1.20. The minimum atomic E-state index is -0.347. The van der Waals surface area contributed by atoms with Crippen molar-refractivity contribution in [1.82, 2.24) is 14.7 Å². The number of hydrogen-bond donors (Lipinski definition) is 1. The molecule has 0 spiro atoms. The molecule has 0 amide bonds. The van der Waals surface area contributed by atoms with Crippen molar-refractivity contribution in [1.29, 1.82) is 0 Å². The van der Waals surface area contributed by atoms with E-state index >= 15 is 0 Å². The van der Waals surface area contributed by atoms with Crippen LogP contribution < -0.4 is 4.59 Å². The van der Waals surface area contributed by atoms with Gasteiger partial charge in [-0.2, -0.15) is 0 Å². The first kappa shape index (κ1) is 15.3. The fourth-order valence-electron chi connectivity index (χ4n) is 5.37. The Kier molecular flexibility index (Phi) is 2.82. The van der Waals surface area contributed by atoms with Crippen LogP contribution in [0.1, 0.15) is 45.4 Å². The molecule has 3 aromatic rings. The lowest BCUT2D eigenvalue weighted by Gasteiger charge is -2.36. The minimum absolute atomic E-state index is 0.0316. The Morgan fingerprint density at radius 3 is 2.76 bits per heavy atom. The van der Waals surface area contributed by atoms with Gasteiger partial charge in [-0.25, -0.2) is 0 Å². The Morgan fingerprint density at radius 2 is 2.04 bits per heavy atom. The average molecular weight is 336 g/mol. The highest BCUT2D eigenvalue weighted by Gasteiger charge is 2.68. The van der Waals surface area contributed by atoms with Gasteiger partial charge in [0.2, 0.25) is 0 Å². The largest absolute Gasteiger partial charge is 0.392 e. The SMILES string of the molecule is [BH3-][n+]1nc([C@H]2C3CCC(C)([C@@H]2O)C3(C)C)n2ncc3ccccc3c21. The van der Waals surface area contributed by atoms with Crippen molar-refractivity contribution in [3.63, 3.8) is 0 Å². The first-order valence-corrected chi connectivity index (χ1v) is 8.72. The van der Waals surface area contributed by atoms with Gasteiger partial charge < -0.3 is 9.70 Å². The summed E-state index contributed by atoms with van der Waals surface area (Å²) in [6.45, 7) is 6.92. The van der Waals surface area contributed by atoms with Crippen LogP contribution in [0.5, 0.6) is 0 Å². The van der Waals surface area contributed by atoms with Crippen LogP contribution >= 0.6 is 0 Å². The number of aromatic nitrogens is 4. The highest BCUT2D eigenvalue weighted by Crippen LogP contribution is 2.69. The van der Waals surface area contributed by atoms with E-state index in [9.17, 15) is 5.11 Å². The zero-order valence-corrected chi connectivity index (χ0v) is 14.3. The number of benzene rings is 1. The van der Waals surface area contributed by atoms with Gasteiger partial charge >= 0.3 is 0 Å². The van der Waals surface area contributed by atoms with Gasteiger partial charge in [-0.15, -0.1) is 0 Å². The average Bonchev–Trinajstić information content (AvgIpc) is 3.09. The molecule has 2 bridgehead atoms. The lowest BCUT2D eigenvalue weighted by Crippen LogP contribution is -2.38. The lowest BCUT2D eigenvalue weighted by molar-refractivity contribution is -0.560. The maximum absolute atomic E-state index is 11.2. The quantitative estimate of drug-likeness (QED) is 0.680. The molecule has 25 heavy (non-hydrogen) atoms. The number of aliphatic hydroxyl groups is 1. The summed E-state index contributed by atoms with van der Waals surface area (Å²) in [5.74, 6) is 1.51. The zero-order valence-electron chi connectivity index (χ0n) is 14.3. The third kappa shape index (κ3) is 1.66. The Balaban J connectivity index is 1.77. The van der Waals surface area contributed by atoms with Crippen molar-refractivity contribution in [2.75, 3.05) is 0 Å². The molecule has 0 saturated heterocycles. The molecule has 2 aliphatic carbocycles. The highest BCUT2D eigenvalue weighted by molar-refractivity contribution is 5.99. The molecule has 2 aliphatic rings. The Morgan fingerprint density at radius 1 is 1.28 bits per heavy atom. The molecule has 2 heterocycles. The second-order valence-electron chi connectivity index (χ2n) is 8.28. The number of nitrogens with zero attached hydrogens (tertiary/aromatic N) is 4. The molecule has 2 unspecified atom stereocenters. The summed E-state index contributed by atoms with van der Waals surface area (Å²) in [4.78, 5) is 0. The minimum Gasteiger partial charge on any atom is -0.392 e. The fourth-order valence-corrected chi connectivity index (χ4v) is 5.37. The molecule has 5 nitrogen and oxygen atoms in total. The van der Waals surface area contributed by atoms with E-state index in [2.05, 4.69) is 43.6 Å². The van der Waals surface area contributed by atoms with Crippen molar-refractivity contribution < 1.29 is 9.70 Å². The zero-order chi connectivity index (χ0) is 17.6. The predicted molar refractivity (Wildman–Crippen MR) is 99.4 cm³/mol. The number of aliphatic hydroxyl groups excluding tert-OH is 1. The number of rotatable bonds is 1. The molecule has 5 rings (SSSR count). The standard InChI is InChI=1S/C19H25BN4O/c1-18(2)13-8-9-19(18,3)15(25)14(13)16-22-24(20)17-12-7-5-4-6-11(12)10-21-23(16)17/h4-7,10,13-15,25H,8-9H2,1-3,20H3/t13?,14-,15+,19?/m0/s1. The molecule has 2 fully saturated rings. The molecule has 6 heteroatoms. The number of hydrogen-bond acceptors (Lipinski definition) is 3. The van der Waals surface area contributed by atoms with Crippen molar-refractivity contribution >= 4 is 24.4 Å². The highest BCUT2D eigenvalue weighted by atomic mass is 16.3. The summed E-state index contributed by atoms with van der Waals surface area (Å²) in [6, 6.07) is 8.38. The van der Waals surface area contributed by atoms with Crippen LogP contribution in [-0.2, 0) is 0 Å². The molecule has 1 N–H and O–H groups in total. The van der Waals surface area contributed by atoms with E-state index in [0.29, 0.717) is 5.92 Å². The topological polar surface area (TPSA) is 54.3 Å². The number of fused-ring (bicyclic) bond motifs is 5. The maximum Gasteiger partial charge on any atom is 0.289 e. The van der Waals surface area contributed by atoms with E-state index in [-0.39, 0.29) is 30.8 Å². The van der Waals surface area contributed by atoms with Gasteiger partial charge in [-0.05, 0) is 35.7 Å². The van der Waals surface area contributed by atoms with E-state index in [1.54, 1.807) is 0 Å². The monoisotopic (exact) mass is 336 g/mol. The second kappa shape index (κ2) is 4.61. The smallest absolute Gasteiger partial charge is 0.289 e. The third-order valence-corrected chi connectivity index (χ3v) is 7.28. The van der Waals surface area contributed by atoms with Gasteiger partial charge in [0.25, 0.3) is 11.5 Å². The van der Waals surface area contributed by atoms with E-state index in [4.69, 9.17) is 10.2 Å². The third-order valence-electron chi connectivity index (χ3n) is 7.28. The molecule has 4 atom stereocenters. The van der Waals surface area contributed by atoms with Crippen LogP contribution in [0.15, 0.2) is 30.5 Å². The molecule has 130 valence electrons. The van der Waals surface area contributed by atoms with Crippen molar-refractivity contribution in [2.24, 2.45) is 16.7 Å². The van der Waals surface area contributed by atoms with Gasteiger partial charge in [0, 0.05) is 5.39 Å². The first-order valence-electron chi connectivity index (χ1n) is 8.72. The summed E-state index contributed by atoms with van der Waals surface area (Å²) in [5, 5.41) is 23.3. The van der Waals surface area contributed by atoms with Gasteiger partial charge in [0.15, 0.2) is 7.98 Å². The van der Waals surface area contributed by atoms with E-state index in [1.165, 1.54) is 11.8 Å². The molecule has 2 aromatic heterocycles. The van der Waals surface area contributed by atoms with Crippen LogP contribution in [0.4, 0.5) is 0 Å². The summed E-state index contributed by atoms with van der Waals surface area (Å²) >= 11 is 0. The molecular formula is C19H25BN4O. The van der Waals surface area contributed by atoms with Gasteiger partial charge in [-0.1, -0.05) is 53.7 Å². The van der Waals surface area contributed by atoms with Crippen LogP contribution in [0.25, 0.3) is 16.4 Å².